The largest absolute Gasteiger partial charge is 0.493 e. The van der Waals surface area contributed by atoms with E-state index in [4.69, 9.17) is 4.74 Å². The van der Waals surface area contributed by atoms with Crippen LogP contribution in [-0.2, 0) is 21.2 Å². The molecular weight excluding hydrogens is 302 g/mol. The summed E-state index contributed by atoms with van der Waals surface area (Å²) < 4.78 is 29.5. The molecule has 0 heterocycles. The lowest BCUT2D eigenvalue weighted by Gasteiger charge is -2.10. The van der Waals surface area contributed by atoms with E-state index < -0.39 is 15.9 Å². The van der Waals surface area contributed by atoms with E-state index in [2.05, 4.69) is 13.0 Å². The van der Waals surface area contributed by atoms with Crippen LogP contribution in [0.15, 0.2) is 24.3 Å². The van der Waals surface area contributed by atoms with Crippen molar-refractivity contribution in [2.45, 2.75) is 45.4 Å². The van der Waals surface area contributed by atoms with E-state index in [1.807, 2.05) is 22.9 Å². The number of rotatable bonds is 10. The first-order valence-corrected chi connectivity index (χ1v) is 9.53. The minimum absolute atomic E-state index is 0.237. The second-order valence-corrected chi connectivity index (χ2v) is 7.06. The number of aryl methyl sites for hydroxylation is 1. The molecule has 0 aromatic heterocycles. The van der Waals surface area contributed by atoms with Gasteiger partial charge in [0.15, 0.2) is 0 Å². The molecule has 0 aliphatic rings. The Kier molecular flexibility index (Phi) is 7.95. The van der Waals surface area contributed by atoms with E-state index >= 15 is 0 Å². The van der Waals surface area contributed by atoms with Gasteiger partial charge in [-0.25, -0.2) is 8.42 Å². The van der Waals surface area contributed by atoms with E-state index in [9.17, 15) is 13.2 Å². The van der Waals surface area contributed by atoms with Gasteiger partial charge < -0.3 is 4.74 Å². The number of hydrogen-bond acceptors (Lipinski definition) is 4. The summed E-state index contributed by atoms with van der Waals surface area (Å²) in [6.45, 7) is 2.78. The van der Waals surface area contributed by atoms with Crippen LogP contribution in [0.2, 0.25) is 0 Å². The number of carbonyl (C=O) groups excluding carboxylic acids is 1. The monoisotopic (exact) mass is 327 g/mol. The Hall–Kier alpha value is -1.56. The zero-order valence-electron chi connectivity index (χ0n) is 13.3. The quantitative estimate of drug-likeness (QED) is 0.671. The van der Waals surface area contributed by atoms with Crippen molar-refractivity contribution in [1.29, 1.82) is 0 Å². The summed E-state index contributed by atoms with van der Waals surface area (Å²) in [5.41, 5.74) is 1.18. The highest BCUT2D eigenvalue weighted by Gasteiger charge is 2.08. The van der Waals surface area contributed by atoms with Crippen LogP contribution in [0.1, 0.15) is 44.6 Å². The molecule has 1 aromatic rings. The van der Waals surface area contributed by atoms with Crippen molar-refractivity contribution < 1.29 is 17.9 Å². The Labute approximate surface area is 133 Å². The molecule has 5 nitrogen and oxygen atoms in total. The van der Waals surface area contributed by atoms with Crippen LogP contribution in [-0.4, -0.2) is 27.2 Å². The average molecular weight is 327 g/mol. The zero-order chi connectivity index (χ0) is 16.4. The molecule has 0 radical (unpaired) electrons. The standard InChI is InChI=1S/C16H25NO4S/c1-3-13-21-15-11-8-7-10-14(15)9-5-4-6-12-16(18)17-22(2,19)20/h7-8,10-11H,3-6,9,12-13H2,1-2H3,(H,17,18). The molecule has 1 amide bonds. The van der Waals surface area contributed by atoms with Gasteiger partial charge in [0, 0.05) is 6.42 Å². The summed E-state index contributed by atoms with van der Waals surface area (Å²) in [6.07, 6.45) is 5.59. The van der Waals surface area contributed by atoms with Gasteiger partial charge in [0.25, 0.3) is 0 Å². The molecule has 22 heavy (non-hydrogen) atoms. The Morgan fingerprint density at radius 3 is 2.59 bits per heavy atom. The second kappa shape index (κ2) is 9.46. The highest BCUT2D eigenvalue weighted by atomic mass is 32.2. The third-order valence-electron chi connectivity index (χ3n) is 3.08. The van der Waals surface area contributed by atoms with Gasteiger partial charge in [0.1, 0.15) is 5.75 Å². The fraction of sp³-hybridized carbons (Fsp3) is 0.562. The first kappa shape index (κ1) is 18.5. The van der Waals surface area contributed by atoms with Crippen molar-refractivity contribution in [2.75, 3.05) is 12.9 Å². The molecular formula is C16H25NO4S. The van der Waals surface area contributed by atoms with Crippen LogP contribution in [0.25, 0.3) is 0 Å². The van der Waals surface area contributed by atoms with E-state index in [0.717, 1.165) is 37.7 Å². The molecule has 0 aliphatic carbocycles. The second-order valence-electron chi connectivity index (χ2n) is 5.31. The van der Waals surface area contributed by atoms with Gasteiger partial charge >= 0.3 is 0 Å². The molecule has 1 aromatic carbocycles. The van der Waals surface area contributed by atoms with Gasteiger partial charge in [-0.05, 0) is 37.3 Å². The Morgan fingerprint density at radius 2 is 1.91 bits per heavy atom. The normalized spacial score (nSPS) is 11.2. The average Bonchev–Trinajstić information content (AvgIpc) is 2.44. The molecule has 0 saturated heterocycles. The van der Waals surface area contributed by atoms with E-state index in [-0.39, 0.29) is 6.42 Å². The number of sulfonamides is 1. The van der Waals surface area contributed by atoms with E-state index in [1.165, 1.54) is 5.56 Å². The minimum Gasteiger partial charge on any atom is -0.493 e. The maximum Gasteiger partial charge on any atom is 0.233 e. The Morgan fingerprint density at radius 1 is 1.18 bits per heavy atom. The van der Waals surface area contributed by atoms with Crippen LogP contribution >= 0.6 is 0 Å². The maximum atomic E-state index is 11.4. The number of ether oxygens (including phenoxy) is 1. The smallest absolute Gasteiger partial charge is 0.233 e. The number of hydrogen-bond donors (Lipinski definition) is 1. The molecule has 0 aliphatic heterocycles. The lowest BCUT2D eigenvalue weighted by atomic mass is 10.1. The van der Waals surface area contributed by atoms with Crippen molar-refractivity contribution in [3.05, 3.63) is 29.8 Å². The first-order valence-electron chi connectivity index (χ1n) is 7.63. The number of amides is 1. The molecule has 0 unspecified atom stereocenters. The predicted octanol–water partition coefficient (Wildman–Crippen LogP) is 2.65. The summed E-state index contributed by atoms with van der Waals surface area (Å²) in [4.78, 5) is 11.4. The minimum atomic E-state index is -3.44. The molecule has 1 rings (SSSR count). The van der Waals surface area contributed by atoms with Gasteiger partial charge in [-0.3, -0.25) is 9.52 Å². The molecule has 1 N–H and O–H groups in total. The van der Waals surface area contributed by atoms with Gasteiger partial charge in [0.2, 0.25) is 15.9 Å². The SMILES string of the molecule is CCCOc1ccccc1CCCCCC(=O)NS(C)(=O)=O. The molecule has 0 atom stereocenters. The third kappa shape index (κ3) is 8.02. The van der Waals surface area contributed by atoms with Gasteiger partial charge in [-0.15, -0.1) is 0 Å². The highest BCUT2D eigenvalue weighted by Crippen LogP contribution is 2.20. The van der Waals surface area contributed by atoms with Crippen molar-refractivity contribution >= 4 is 15.9 Å². The summed E-state index contributed by atoms with van der Waals surface area (Å²) in [7, 11) is -3.44. The lowest BCUT2D eigenvalue weighted by molar-refractivity contribution is -0.119. The van der Waals surface area contributed by atoms with E-state index in [0.29, 0.717) is 13.0 Å². The Bertz CT molecular complexity index is 569. The number of unbranched alkanes of at least 4 members (excludes halogenated alkanes) is 2. The third-order valence-corrected chi connectivity index (χ3v) is 3.68. The fourth-order valence-corrected chi connectivity index (χ4v) is 2.61. The first-order chi connectivity index (χ1) is 10.4. The van der Waals surface area contributed by atoms with Crippen LogP contribution in [0.5, 0.6) is 5.75 Å². The number of nitrogens with one attached hydrogen (secondary N) is 1. The molecule has 0 bridgehead atoms. The van der Waals surface area contributed by atoms with Crippen molar-refractivity contribution in [3.8, 4) is 5.75 Å². The van der Waals surface area contributed by atoms with Crippen molar-refractivity contribution in [2.24, 2.45) is 0 Å². The maximum absolute atomic E-state index is 11.4. The van der Waals surface area contributed by atoms with Crippen molar-refractivity contribution in [1.82, 2.24) is 4.72 Å². The van der Waals surface area contributed by atoms with Gasteiger partial charge in [-0.2, -0.15) is 0 Å². The molecule has 0 fully saturated rings. The highest BCUT2D eigenvalue weighted by molar-refractivity contribution is 7.89. The lowest BCUT2D eigenvalue weighted by Crippen LogP contribution is -2.28. The zero-order valence-corrected chi connectivity index (χ0v) is 14.1. The summed E-state index contributed by atoms with van der Waals surface area (Å²) in [5, 5.41) is 0. The number of para-hydroxylation sites is 1. The van der Waals surface area contributed by atoms with Gasteiger partial charge in [-0.1, -0.05) is 31.5 Å². The topological polar surface area (TPSA) is 72.5 Å². The van der Waals surface area contributed by atoms with Crippen LogP contribution in [0.3, 0.4) is 0 Å². The Balaban J connectivity index is 2.29. The van der Waals surface area contributed by atoms with Crippen LogP contribution < -0.4 is 9.46 Å². The van der Waals surface area contributed by atoms with Gasteiger partial charge in [0.05, 0.1) is 12.9 Å². The van der Waals surface area contributed by atoms with Crippen molar-refractivity contribution in [3.63, 3.8) is 0 Å². The van der Waals surface area contributed by atoms with E-state index in [1.54, 1.807) is 0 Å². The molecule has 0 saturated carbocycles. The summed E-state index contributed by atoms with van der Waals surface area (Å²) in [6, 6.07) is 7.99. The number of carbonyl (C=O) groups is 1. The molecule has 0 spiro atoms. The summed E-state index contributed by atoms with van der Waals surface area (Å²) in [5.74, 6) is 0.494. The predicted molar refractivity (Wildman–Crippen MR) is 87.4 cm³/mol. The van der Waals surface area contributed by atoms with Crippen LogP contribution in [0.4, 0.5) is 0 Å². The molecule has 6 heteroatoms. The van der Waals surface area contributed by atoms with Crippen LogP contribution in [0, 0.1) is 0 Å². The summed E-state index contributed by atoms with van der Waals surface area (Å²) >= 11 is 0. The fourth-order valence-electron chi connectivity index (χ4n) is 2.10. The molecule has 124 valence electrons. The number of benzene rings is 1.